The van der Waals surface area contributed by atoms with Crippen molar-refractivity contribution in [2.75, 3.05) is 6.54 Å². The molecule has 0 unspecified atom stereocenters. The lowest BCUT2D eigenvalue weighted by atomic mass is 9.91. The molecule has 0 bridgehead atoms. The number of carboxylic acid groups (broad SMARTS) is 1. The summed E-state index contributed by atoms with van der Waals surface area (Å²) in [4.78, 5) is 25.2. The average molecular weight is 303 g/mol. The molecule has 0 aliphatic carbocycles. The minimum atomic E-state index is -1.19. The van der Waals surface area contributed by atoms with Crippen molar-refractivity contribution in [3.05, 3.63) is 47.8 Å². The van der Waals surface area contributed by atoms with Gasteiger partial charge in [-0.15, -0.1) is 0 Å². The number of furan rings is 2. The first-order valence-electron chi connectivity index (χ1n) is 7.23. The van der Waals surface area contributed by atoms with Gasteiger partial charge in [0.1, 0.15) is 5.76 Å². The molecule has 0 radical (unpaired) electrons. The summed E-state index contributed by atoms with van der Waals surface area (Å²) in [5.41, 5.74) is 0. The lowest BCUT2D eigenvalue weighted by molar-refractivity contribution is 0.0484. The van der Waals surface area contributed by atoms with Crippen molar-refractivity contribution in [1.82, 2.24) is 4.90 Å². The molecule has 1 N–H and O–H groups in total. The van der Waals surface area contributed by atoms with Gasteiger partial charge in [0, 0.05) is 6.54 Å². The van der Waals surface area contributed by atoms with Crippen molar-refractivity contribution in [3.63, 3.8) is 0 Å². The number of hydrogen-bond acceptors (Lipinski definition) is 4. The van der Waals surface area contributed by atoms with Crippen molar-refractivity contribution >= 4 is 11.9 Å². The van der Waals surface area contributed by atoms with Crippen molar-refractivity contribution in [2.24, 2.45) is 5.92 Å². The van der Waals surface area contributed by atoms with Crippen LogP contribution in [0.25, 0.3) is 0 Å². The zero-order valence-electron chi connectivity index (χ0n) is 12.2. The predicted octanol–water partition coefficient (Wildman–Crippen LogP) is 3.18. The Hall–Kier alpha value is -2.50. The largest absolute Gasteiger partial charge is 0.475 e. The second kappa shape index (κ2) is 5.71. The first kappa shape index (κ1) is 14.4. The van der Waals surface area contributed by atoms with Crippen molar-refractivity contribution in [3.8, 4) is 0 Å². The zero-order valence-corrected chi connectivity index (χ0v) is 12.2. The monoisotopic (exact) mass is 303 g/mol. The Morgan fingerprint density at radius 1 is 1.27 bits per heavy atom. The molecule has 2 aromatic rings. The van der Waals surface area contributed by atoms with Crippen LogP contribution >= 0.6 is 0 Å². The fraction of sp³-hybridized carbons (Fsp3) is 0.375. The highest BCUT2D eigenvalue weighted by Gasteiger charge is 2.34. The van der Waals surface area contributed by atoms with E-state index in [9.17, 15) is 9.59 Å². The number of aromatic carboxylic acids is 1. The number of amides is 1. The molecule has 6 heteroatoms. The van der Waals surface area contributed by atoms with Gasteiger partial charge in [-0.3, -0.25) is 4.79 Å². The van der Waals surface area contributed by atoms with Gasteiger partial charge in [0.25, 0.3) is 5.91 Å². The van der Waals surface area contributed by atoms with Gasteiger partial charge in [0.15, 0.2) is 5.76 Å². The van der Waals surface area contributed by atoms with E-state index in [1.165, 1.54) is 12.1 Å². The number of carbonyl (C=O) groups is 2. The maximum Gasteiger partial charge on any atom is 0.371 e. The van der Waals surface area contributed by atoms with E-state index in [0.717, 1.165) is 18.6 Å². The molecule has 2 aromatic heterocycles. The molecule has 1 amide bonds. The smallest absolute Gasteiger partial charge is 0.371 e. The second-order valence-electron chi connectivity index (χ2n) is 5.63. The van der Waals surface area contributed by atoms with Gasteiger partial charge < -0.3 is 18.8 Å². The topological polar surface area (TPSA) is 83.9 Å². The Morgan fingerprint density at radius 3 is 2.68 bits per heavy atom. The van der Waals surface area contributed by atoms with E-state index >= 15 is 0 Å². The summed E-state index contributed by atoms with van der Waals surface area (Å²) < 4.78 is 10.6. The molecular formula is C16H17NO5. The summed E-state index contributed by atoms with van der Waals surface area (Å²) in [6.45, 7) is 2.74. The van der Waals surface area contributed by atoms with E-state index in [2.05, 4.69) is 6.92 Å². The normalized spacial score (nSPS) is 21.8. The molecule has 116 valence electrons. The molecule has 3 heterocycles. The Balaban J connectivity index is 1.86. The van der Waals surface area contributed by atoms with Crippen LogP contribution in [-0.2, 0) is 0 Å². The number of likely N-dealkylation sites (tertiary alicyclic amines) is 1. The van der Waals surface area contributed by atoms with Crippen LogP contribution < -0.4 is 0 Å². The first-order valence-corrected chi connectivity index (χ1v) is 7.23. The van der Waals surface area contributed by atoms with Crippen LogP contribution in [0.1, 0.15) is 52.7 Å². The standard InChI is InChI=1S/C16H17NO5/c1-10-6-7-17(11(9-10)12-3-2-8-21-12)15(18)13-4-5-14(22-13)16(19)20/h2-5,8,10-11H,6-7,9H2,1H3,(H,19,20)/t10-,11-/m0/s1. The van der Waals surface area contributed by atoms with Gasteiger partial charge in [0.2, 0.25) is 5.76 Å². The SMILES string of the molecule is C[C@H]1CCN(C(=O)c2ccc(C(=O)O)o2)[C@H](c2ccco2)C1. The van der Waals surface area contributed by atoms with Crippen LogP contribution in [0.15, 0.2) is 39.4 Å². The van der Waals surface area contributed by atoms with Crippen LogP contribution in [0.4, 0.5) is 0 Å². The molecule has 0 aromatic carbocycles. The van der Waals surface area contributed by atoms with Gasteiger partial charge in [-0.2, -0.15) is 0 Å². The highest BCUT2D eigenvalue weighted by Crippen LogP contribution is 2.35. The molecule has 6 nitrogen and oxygen atoms in total. The number of hydrogen-bond donors (Lipinski definition) is 1. The summed E-state index contributed by atoms with van der Waals surface area (Å²) in [5, 5.41) is 8.89. The molecule has 2 atom stereocenters. The van der Waals surface area contributed by atoms with Crippen LogP contribution in [0.3, 0.4) is 0 Å². The Labute approximate surface area is 127 Å². The lowest BCUT2D eigenvalue weighted by Crippen LogP contribution is -2.40. The molecule has 1 saturated heterocycles. The molecule has 1 aliphatic heterocycles. The molecule has 0 saturated carbocycles. The van der Waals surface area contributed by atoms with Gasteiger partial charge in [-0.25, -0.2) is 4.79 Å². The third kappa shape index (κ3) is 2.64. The average Bonchev–Trinajstić information content (AvgIpc) is 3.18. The molecule has 3 rings (SSSR count). The van der Waals surface area contributed by atoms with E-state index in [4.69, 9.17) is 13.9 Å². The number of piperidine rings is 1. The zero-order chi connectivity index (χ0) is 15.7. The second-order valence-corrected chi connectivity index (χ2v) is 5.63. The summed E-state index contributed by atoms with van der Waals surface area (Å²) in [7, 11) is 0. The number of rotatable bonds is 3. The maximum absolute atomic E-state index is 12.6. The van der Waals surface area contributed by atoms with Crippen LogP contribution in [0.2, 0.25) is 0 Å². The first-order chi connectivity index (χ1) is 10.6. The van der Waals surface area contributed by atoms with E-state index in [0.29, 0.717) is 12.5 Å². The third-order valence-electron chi connectivity index (χ3n) is 4.02. The molecule has 0 spiro atoms. The minimum absolute atomic E-state index is 0.0449. The van der Waals surface area contributed by atoms with E-state index in [1.54, 1.807) is 17.2 Å². The van der Waals surface area contributed by atoms with Gasteiger partial charge in [-0.05, 0) is 43.0 Å². The maximum atomic E-state index is 12.6. The van der Waals surface area contributed by atoms with Crippen LogP contribution in [0, 0.1) is 5.92 Å². The Kier molecular flexibility index (Phi) is 3.75. The quantitative estimate of drug-likeness (QED) is 0.941. The van der Waals surface area contributed by atoms with E-state index in [1.807, 2.05) is 6.07 Å². The van der Waals surface area contributed by atoms with E-state index < -0.39 is 5.97 Å². The number of nitrogens with zero attached hydrogens (tertiary/aromatic N) is 1. The summed E-state index contributed by atoms with van der Waals surface area (Å²) in [5.74, 6) is -0.447. The highest BCUT2D eigenvalue weighted by atomic mass is 16.4. The van der Waals surface area contributed by atoms with Crippen LogP contribution in [-0.4, -0.2) is 28.4 Å². The summed E-state index contributed by atoms with van der Waals surface area (Å²) in [6.07, 6.45) is 3.30. The molecular weight excluding hydrogens is 286 g/mol. The molecule has 22 heavy (non-hydrogen) atoms. The summed E-state index contributed by atoms with van der Waals surface area (Å²) >= 11 is 0. The fourth-order valence-corrected chi connectivity index (χ4v) is 2.84. The van der Waals surface area contributed by atoms with Crippen molar-refractivity contribution in [1.29, 1.82) is 0 Å². The number of carbonyl (C=O) groups excluding carboxylic acids is 1. The van der Waals surface area contributed by atoms with E-state index in [-0.39, 0.29) is 23.5 Å². The van der Waals surface area contributed by atoms with Gasteiger partial charge >= 0.3 is 5.97 Å². The molecule has 1 aliphatic rings. The van der Waals surface area contributed by atoms with Gasteiger partial charge in [-0.1, -0.05) is 6.92 Å². The summed E-state index contributed by atoms with van der Waals surface area (Å²) in [6, 6.07) is 6.21. The minimum Gasteiger partial charge on any atom is -0.475 e. The lowest BCUT2D eigenvalue weighted by Gasteiger charge is -2.36. The van der Waals surface area contributed by atoms with Crippen molar-refractivity contribution < 1.29 is 23.5 Å². The number of carboxylic acids is 1. The fourth-order valence-electron chi connectivity index (χ4n) is 2.84. The Bertz CT molecular complexity index is 673. The predicted molar refractivity (Wildman–Crippen MR) is 76.6 cm³/mol. The third-order valence-corrected chi connectivity index (χ3v) is 4.02. The Morgan fingerprint density at radius 2 is 2.05 bits per heavy atom. The van der Waals surface area contributed by atoms with Gasteiger partial charge in [0.05, 0.1) is 12.3 Å². The highest BCUT2D eigenvalue weighted by molar-refractivity contribution is 5.93. The molecule has 1 fully saturated rings. The van der Waals surface area contributed by atoms with Crippen LogP contribution in [0.5, 0.6) is 0 Å². The van der Waals surface area contributed by atoms with Crippen molar-refractivity contribution in [2.45, 2.75) is 25.8 Å².